The number of nitrogen functional groups attached to an aromatic ring is 1. The monoisotopic (exact) mass is 195 g/mol. The summed E-state index contributed by atoms with van der Waals surface area (Å²) in [4.78, 5) is 10.5. The van der Waals surface area contributed by atoms with E-state index in [-0.39, 0.29) is 5.82 Å². The van der Waals surface area contributed by atoms with Crippen molar-refractivity contribution in [1.29, 1.82) is 0 Å². The predicted molar refractivity (Wildman–Crippen MR) is 51.6 cm³/mol. The topological polar surface area (TPSA) is 43.1 Å². The van der Waals surface area contributed by atoms with Crippen LogP contribution in [0.15, 0.2) is 17.5 Å². The minimum atomic E-state index is -0.324. The first-order valence-electron chi connectivity index (χ1n) is 3.64. The van der Waals surface area contributed by atoms with Crippen LogP contribution in [-0.4, -0.2) is 6.29 Å². The van der Waals surface area contributed by atoms with Crippen LogP contribution < -0.4 is 5.73 Å². The van der Waals surface area contributed by atoms with Gasteiger partial charge < -0.3 is 5.73 Å². The smallest absolute Gasteiger partial charge is 0.150 e. The molecule has 2 nitrogen and oxygen atoms in total. The summed E-state index contributed by atoms with van der Waals surface area (Å²) in [6, 6.07) is 3.11. The number of aldehydes is 1. The van der Waals surface area contributed by atoms with E-state index in [2.05, 4.69) is 0 Å². The van der Waals surface area contributed by atoms with Gasteiger partial charge in [-0.15, -0.1) is 11.3 Å². The summed E-state index contributed by atoms with van der Waals surface area (Å²) < 4.78 is 13.8. The normalized spacial score (nSPS) is 10.5. The Hall–Kier alpha value is -1.42. The SMILES string of the molecule is Nc1cc(C=O)cc2scc(F)c12. The molecule has 2 aromatic rings. The molecular formula is C9H6FNOS. The van der Waals surface area contributed by atoms with E-state index in [1.165, 1.54) is 22.8 Å². The van der Waals surface area contributed by atoms with Gasteiger partial charge in [-0.2, -0.15) is 0 Å². The molecule has 13 heavy (non-hydrogen) atoms. The molecule has 1 aromatic heterocycles. The second kappa shape index (κ2) is 2.81. The van der Waals surface area contributed by atoms with Crippen LogP contribution >= 0.6 is 11.3 Å². The van der Waals surface area contributed by atoms with E-state index in [9.17, 15) is 9.18 Å². The number of fused-ring (bicyclic) bond motifs is 1. The third kappa shape index (κ3) is 1.19. The Morgan fingerprint density at radius 2 is 2.23 bits per heavy atom. The van der Waals surface area contributed by atoms with Gasteiger partial charge >= 0.3 is 0 Å². The maximum absolute atomic E-state index is 13.1. The lowest BCUT2D eigenvalue weighted by Crippen LogP contribution is -1.89. The Morgan fingerprint density at radius 3 is 2.92 bits per heavy atom. The Morgan fingerprint density at radius 1 is 1.46 bits per heavy atom. The number of carbonyl (C=O) groups is 1. The van der Waals surface area contributed by atoms with E-state index in [1.807, 2.05) is 0 Å². The Labute approximate surface area is 77.8 Å². The molecule has 4 heteroatoms. The van der Waals surface area contributed by atoms with Crippen LogP contribution in [0.2, 0.25) is 0 Å². The van der Waals surface area contributed by atoms with Crippen LogP contribution in [0.3, 0.4) is 0 Å². The summed E-state index contributed by atoms with van der Waals surface area (Å²) in [5, 5.41) is 1.80. The fourth-order valence-corrected chi connectivity index (χ4v) is 2.14. The van der Waals surface area contributed by atoms with E-state index >= 15 is 0 Å². The second-order valence-electron chi connectivity index (χ2n) is 2.68. The summed E-state index contributed by atoms with van der Waals surface area (Å²) in [5.41, 5.74) is 6.38. The number of hydrogen-bond acceptors (Lipinski definition) is 3. The van der Waals surface area contributed by atoms with Gasteiger partial charge in [0, 0.05) is 21.3 Å². The average molecular weight is 195 g/mol. The van der Waals surface area contributed by atoms with Crippen molar-refractivity contribution in [3.8, 4) is 0 Å². The van der Waals surface area contributed by atoms with Crippen molar-refractivity contribution in [2.24, 2.45) is 0 Å². The number of rotatable bonds is 1. The van der Waals surface area contributed by atoms with Gasteiger partial charge in [-0.25, -0.2) is 4.39 Å². The van der Waals surface area contributed by atoms with Crippen LogP contribution in [0.1, 0.15) is 10.4 Å². The number of halogens is 1. The van der Waals surface area contributed by atoms with Gasteiger partial charge in [0.15, 0.2) is 0 Å². The molecule has 0 saturated carbocycles. The summed E-state index contributed by atoms with van der Waals surface area (Å²) >= 11 is 1.24. The molecular weight excluding hydrogens is 189 g/mol. The van der Waals surface area contributed by atoms with Crippen LogP contribution in [0.4, 0.5) is 10.1 Å². The molecule has 0 amide bonds. The van der Waals surface area contributed by atoms with Crippen LogP contribution in [0.5, 0.6) is 0 Å². The molecule has 0 aliphatic rings. The fourth-order valence-electron chi connectivity index (χ4n) is 1.25. The maximum Gasteiger partial charge on any atom is 0.150 e. The minimum Gasteiger partial charge on any atom is -0.398 e. The number of thiophene rings is 1. The van der Waals surface area contributed by atoms with E-state index in [4.69, 9.17) is 5.73 Å². The molecule has 1 heterocycles. The highest BCUT2D eigenvalue weighted by Crippen LogP contribution is 2.30. The predicted octanol–water partition coefficient (Wildman–Crippen LogP) is 2.44. The van der Waals surface area contributed by atoms with Gasteiger partial charge in [-0.3, -0.25) is 4.79 Å². The largest absolute Gasteiger partial charge is 0.398 e. The van der Waals surface area contributed by atoms with Gasteiger partial charge in [-0.05, 0) is 12.1 Å². The quantitative estimate of drug-likeness (QED) is 0.561. The van der Waals surface area contributed by atoms with Crippen molar-refractivity contribution in [3.63, 3.8) is 0 Å². The van der Waals surface area contributed by atoms with E-state index in [1.54, 1.807) is 6.07 Å². The lowest BCUT2D eigenvalue weighted by atomic mass is 10.1. The van der Waals surface area contributed by atoms with Crippen molar-refractivity contribution >= 4 is 33.4 Å². The van der Waals surface area contributed by atoms with Crippen LogP contribution in [0.25, 0.3) is 10.1 Å². The number of carbonyl (C=O) groups excluding carboxylic acids is 1. The van der Waals surface area contributed by atoms with Crippen molar-refractivity contribution < 1.29 is 9.18 Å². The van der Waals surface area contributed by atoms with Gasteiger partial charge in [0.05, 0.1) is 5.39 Å². The molecule has 66 valence electrons. The number of nitrogens with two attached hydrogens (primary N) is 1. The standard InChI is InChI=1S/C9H6FNOS/c10-6-4-13-8-2-5(3-12)1-7(11)9(6)8/h1-4H,11H2. The zero-order chi connectivity index (χ0) is 9.42. The second-order valence-corrected chi connectivity index (χ2v) is 3.60. The Balaban J connectivity index is 2.86. The highest BCUT2D eigenvalue weighted by Gasteiger charge is 2.07. The summed E-state index contributed by atoms with van der Waals surface area (Å²) in [5.74, 6) is -0.324. The molecule has 2 N–H and O–H groups in total. The van der Waals surface area contributed by atoms with Crippen LogP contribution in [-0.2, 0) is 0 Å². The third-order valence-corrected chi connectivity index (χ3v) is 2.72. The minimum absolute atomic E-state index is 0.318. The molecule has 0 fully saturated rings. The van der Waals surface area contributed by atoms with Gasteiger partial charge in [0.1, 0.15) is 12.1 Å². The average Bonchev–Trinajstić information content (AvgIpc) is 2.48. The van der Waals surface area contributed by atoms with Gasteiger partial charge in [0.2, 0.25) is 0 Å². The molecule has 0 spiro atoms. The maximum atomic E-state index is 13.1. The third-order valence-electron chi connectivity index (χ3n) is 1.82. The molecule has 2 rings (SSSR count). The van der Waals surface area contributed by atoms with Crippen molar-refractivity contribution in [2.45, 2.75) is 0 Å². The lowest BCUT2D eigenvalue weighted by molar-refractivity contribution is 0.112. The molecule has 1 aromatic carbocycles. The fraction of sp³-hybridized carbons (Fsp3) is 0. The first-order valence-corrected chi connectivity index (χ1v) is 4.51. The molecule has 0 unspecified atom stereocenters. The Bertz CT molecular complexity index is 478. The zero-order valence-corrected chi connectivity index (χ0v) is 7.40. The molecule has 0 bridgehead atoms. The van der Waals surface area contributed by atoms with Crippen LogP contribution in [0, 0.1) is 5.82 Å². The molecule has 0 atom stereocenters. The van der Waals surface area contributed by atoms with Crippen molar-refractivity contribution in [1.82, 2.24) is 0 Å². The van der Waals surface area contributed by atoms with Crippen molar-refractivity contribution in [3.05, 3.63) is 28.9 Å². The molecule has 0 radical (unpaired) electrons. The first-order chi connectivity index (χ1) is 6.22. The summed E-state index contributed by atoms with van der Waals surface area (Å²) in [7, 11) is 0. The molecule has 0 saturated heterocycles. The first kappa shape index (κ1) is 8.19. The Kier molecular flexibility index (Phi) is 1.77. The van der Waals surface area contributed by atoms with Gasteiger partial charge in [-0.1, -0.05) is 0 Å². The lowest BCUT2D eigenvalue weighted by Gasteiger charge is -1.97. The summed E-state index contributed by atoms with van der Waals surface area (Å²) in [6.07, 6.45) is 0.702. The summed E-state index contributed by atoms with van der Waals surface area (Å²) in [6.45, 7) is 0. The number of benzene rings is 1. The van der Waals surface area contributed by atoms with Gasteiger partial charge in [0.25, 0.3) is 0 Å². The van der Waals surface area contributed by atoms with E-state index in [0.29, 0.717) is 27.6 Å². The van der Waals surface area contributed by atoms with E-state index < -0.39 is 0 Å². The van der Waals surface area contributed by atoms with E-state index in [0.717, 1.165) is 0 Å². The van der Waals surface area contributed by atoms with Crippen molar-refractivity contribution in [2.75, 3.05) is 5.73 Å². The zero-order valence-electron chi connectivity index (χ0n) is 6.58. The molecule has 0 aliphatic heterocycles. The highest BCUT2D eigenvalue weighted by atomic mass is 32.1. The highest BCUT2D eigenvalue weighted by molar-refractivity contribution is 7.17. The number of hydrogen-bond donors (Lipinski definition) is 1. The molecule has 0 aliphatic carbocycles. The number of anilines is 1.